The van der Waals surface area contributed by atoms with Crippen molar-refractivity contribution in [1.82, 2.24) is 9.80 Å². The van der Waals surface area contributed by atoms with Gasteiger partial charge in [0.05, 0.1) is 6.54 Å². The van der Waals surface area contributed by atoms with E-state index >= 15 is 0 Å². The number of amides is 1. The molecule has 0 aliphatic heterocycles. The Labute approximate surface area is 95.4 Å². The van der Waals surface area contributed by atoms with Crippen LogP contribution in [0.25, 0.3) is 0 Å². The van der Waals surface area contributed by atoms with Crippen LogP contribution >= 0.6 is 0 Å². The fraction of sp³-hybridized carbons (Fsp3) is 0.909. The molecule has 1 aliphatic carbocycles. The van der Waals surface area contributed by atoms with Crippen LogP contribution < -0.4 is 0 Å². The summed E-state index contributed by atoms with van der Waals surface area (Å²) in [5.74, 6) is -2.65. The molecule has 0 heterocycles. The Morgan fingerprint density at radius 1 is 1.38 bits per heavy atom. The summed E-state index contributed by atoms with van der Waals surface area (Å²) in [4.78, 5) is 15.1. The monoisotopic (exact) mass is 234 g/mol. The van der Waals surface area contributed by atoms with Crippen molar-refractivity contribution in [3.63, 3.8) is 0 Å². The largest absolute Gasteiger partial charge is 0.341 e. The number of nitrogens with zero attached hydrogens (tertiary/aromatic N) is 2. The first-order chi connectivity index (χ1) is 7.23. The highest BCUT2D eigenvalue weighted by Gasteiger charge is 2.48. The second-order valence-electron chi connectivity index (χ2n) is 4.93. The highest BCUT2D eigenvalue weighted by molar-refractivity contribution is 5.78. The van der Waals surface area contributed by atoms with E-state index in [4.69, 9.17) is 0 Å². The van der Waals surface area contributed by atoms with E-state index in [1.54, 1.807) is 7.05 Å². The van der Waals surface area contributed by atoms with Gasteiger partial charge in [0.1, 0.15) is 0 Å². The van der Waals surface area contributed by atoms with E-state index in [1.807, 2.05) is 25.8 Å². The molecule has 0 aromatic heterocycles. The van der Waals surface area contributed by atoms with E-state index in [-0.39, 0.29) is 37.4 Å². The van der Waals surface area contributed by atoms with Crippen molar-refractivity contribution in [1.29, 1.82) is 0 Å². The first-order valence-corrected chi connectivity index (χ1v) is 5.56. The fourth-order valence-corrected chi connectivity index (χ4v) is 1.61. The van der Waals surface area contributed by atoms with Gasteiger partial charge in [0.2, 0.25) is 5.91 Å². The van der Waals surface area contributed by atoms with Gasteiger partial charge in [0.15, 0.2) is 0 Å². The molecule has 0 spiro atoms. The number of halogens is 2. The van der Waals surface area contributed by atoms with Crippen LogP contribution in [0.15, 0.2) is 0 Å². The van der Waals surface area contributed by atoms with Crippen LogP contribution in [0.3, 0.4) is 0 Å². The van der Waals surface area contributed by atoms with Gasteiger partial charge < -0.3 is 4.90 Å². The molecule has 0 N–H and O–H groups in total. The van der Waals surface area contributed by atoms with E-state index in [1.165, 1.54) is 4.90 Å². The third kappa shape index (κ3) is 3.14. The van der Waals surface area contributed by atoms with E-state index in [0.717, 1.165) is 0 Å². The van der Waals surface area contributed by atoms with Crippen LogP contribution in [0, 0.1) is 0 Å². The Balaban J connectivity index is 2.38. The Morgan fingerprint density at radius 3 is 2.25 bits per heavy atom. The summed E-state index contributed by atoms with van der Waals surface area (Å²) in [5, 5.41) is 0. The van der Waals surface area contributed by atoms with Gasteiger partial charge in [-0.15, -0.1) is 0 Å². The lowest BCUT2D eigenvalue weighted by Gasteiger charge is -2.41. The van der Waals surface area contributed by atoms with Gasteiger partial charge >= 0.3 is 0 Å². The normalized spacial score (nSPS) is 20.0. The number of hydrogen-bond acceptors (Lipinski definition) is 2. The van der Waals surface area contributed by atoms with Gasteiger partial charge in [0, 0.05) is 32.0 Å². The molecule has 0 aromatic rings. The van der Waals surface area contributed by atoms with Crippen LogP contribution in [0.4, 0.5) is 8.78 Å². The van der Waals surface area contributed by atoms with Crippen LogP contribution in [-0.2, 0) is 4.79 Å². The smallest absolute Gasteiger partial charge is 0.252 e. The summed E-state index contributed by atoms with van der Waals surface area (Å²) in [6, 6.07) is -0.0109. The fourth-order valence-electron chi connectivity index (χ4n) is 1.61. The van der Waals surface area contributed by atoms with Crippen LogP contribution in [0.1, 0.15) is 26.7 Å². The Hall–Kier alpha value is -0.710. The minimum atomic E-state index is -2.57. The number of rotatable bonds is 4. The Bertz CT molecular complexity index is 261. The predicted octanol–water partition coefficient (Wildman–Crippen LogP) is 1.58. The van der Waals surface area contributed by atoms with Crippen molar-refractivity contribution >= 4 is 5.91 Å². The third-order valence-corrected chi connectivity index (χ3v) is 3.28. The average Bonchev–Trinajstić information content (AvgIpc) is 2.12. The first-order valence-electron chi connectivity index (χ1n) is 5.56. The standard InChI is InChI=1S/C11H20F2N2O/c1-8(2)14(3)7-10(16)15(4)9-5-11(12,13)6-9/h8-9H,5-7H2,1-4H3. The summed E-state index contributed by atoms with van der Waals surface area (Å²) in [6.07, 6.45) is -0.388. The highest BCUT2D eigenvalue weighted by Crippen LogP contribution is 2.39. The molecule has 0 radical (unpaired) electrons. The maximum absolute atomic E-state index is 12.7. The molecule has 1 rings (SSSR count). The van der Waals surface area contributed by atoms with Gasteiger partial charge in [-0.25, -0.2) is 8.78 Å². The lowest BCUT2D eigenvalue weighted by Crippen LogP contribution is -2.53. The summed E-state index contributed by atoms with van der Waals surface area (Å²) >= 11 is 0. The molecule has 0 atom stereocenters. The number of carbonyl (C=O) groups is 1. The van der Waals surface area contributed by atoms with E-state index < -0.39 is 5.92 Å². The zero-order chi connectivity index (χ0) is 12.5. The minimum absolute atomic E-state index is 0.0864. The number of carbonyl (C=O) groups excluding carboxylic acids is 1. The second-order valence-corrected chi connectivity index (χ2v) is 4.93. The SMILES string of the molecule is CC(C)N(C)CC(=O)N(C)C1CC(F)(F)C1. The van der Waals surface area contributed by atoms with Gasteiger partial charge in [-0.1, -0.05) is 0 Å². The molecule has 5 heteroatoms. The van der Waals surface area contributed by atoms with Crippen molar-refractivity contribution in [3.05, 3.63) is 0 Å². The molecule has 1 fully saturated rings. The van der Waals surface area contributed by atoms with Crippen LogP contribution in [-0.4, -0.2) is 54.4 Å². The summed E-state index contributed by atoms with van der Waals surface area (Å²) in [5.41, 5.74) is 0. The zero-order valence-electron chi connectivity index (χ0n) is 10.3. The summed E-state index contributed by atoms with van der Waals surface area (Å²) in [7, 11) is 3.46. The van der Waals surface area contributed by atoms with Gasteiger partial charge in [-0.2, -0.15) is 0 Å². The molecule has 16 heavy (non-hydrogen) atoms. The number of hydrogen-bond donors (Lipinski definition) is 0. The van der Waals surface area contributed by atoms with Crippen molar-refractivity contribution in [2.24, 2.45) is 0 Å². The molecule has 3 nitrogen and oxygen atoms in total. The predicted molar refractivity (Wildman–Crippen MR) is 58.5 cm³/mol. The Morgan fingerprint density at radius 2 is 1.88 bits per heavy atom. The molecule has 1 aliphatic rings. The van der Waals surface area contributed by atoms with Gasteiger partial charge in [-0.05, 0) is 20.9 Å². The van der Waals surface area contributed by atoms with E-state index in [9.17, 15) is 13.6 Å². The molecule has 0 saturated heterocycles. The molecule has 94 valence electrons. The number of likely N-dealkylation sites (N-methyl/N-ethyl adjacent to an activating group) is 2. The molecule has 0 unspecified atom stereocenters. The highest BCUT2D eigenvalue weighted by atomic mass is 19.3. The first kappa shape index (κ1) is 13.4. The van der Waals surface area contributed by atoms with Gasteiger partial charge in [0.25, 0.3) is 5.92 Å². The van der Waals surface area contributed by atoms with Crippen molar-refractivity contribution < 1.29 is 13.6 Å². The van der Waals surface area contributed by atoms with Gasteiger partial charge in [-0.3, -0.25) is 9.69 Å². The maximum Gasteiger partial charge on any atom is 0.252 e. The molecule has 0 aromatic carbocycles. The van der Waals surface area contributed by atoms with Crippen molar-refractivity contribution in [2.45, 2.75) is 44.7 Å². The van der Waals surface area contributed by atoms with E-state index in [2.05, 4.69) is 0 Å². The third-order valence-electron chi connectivity index (χ3n) is 3.28. The maximum atomic E-state index is 12.7. The molecule has 0 bridgehead atoms. The Kier molecular flexibility index (Phi) is 3.88. The average molecular weight is 234 g/mol. The van der Waals surface area contributed by atoms with Crippen molar-refractivity contribution in [3.8, 4) is 0 Å². The molecular weight excluding hydrogens is 214 g/mol. The second kappa shape index (κ2) is 4.65. The summed E-state index contributed by atoms with van der Waals surface area (Å²) in [6.45, 7) is 4.27. The lowest BCUT2D eigenvalue weighted by atomic mass is 9.87. The summed E-state index contributed by atoms with van der Waals surface area (Å²) < 4.78 is 25.3. The minimum Gasteiger partial charge on any atom is -0.341 e. The molecular formula is C11H20F2N2O. The zero-order valence-corrected chi connectivity index (χ0v) is 10.3. The van der Waals surface area contributed by atoms with Crippen molar-refractivity contribution in [2.75, 3.05) is 20.6 Å². The number of alkyl halides is 2. The quantitative estimate of drug-likeness (QED) is 0.737. The molecule has 1 amide bonds. The van der Waals surface area contributed by atoms with E-state index in [0.29, 0.717) is 0 Å². The molecule has 1 saturated carbocycles. The van der Waals surface area contributed by atoms with Crippen LogP contribution in [0.2, 0.25) is 0 Å². The topological polar surface area (TPSA) is 23.6 Å². The lowest BCUT2D eigenvalue weighted by molar-refractivity contribution is -0.151. The van der Waals surface area contributed by atoms with Crippen LogP contribution in [0.5, 0.6) is 0 Å².